The number of rotatable bonds is 2. The molecule has 0 spiro atoms. The van der Waals surface area contributed by atoms with Gasteiger partial charge in [0.2, 0.25) is 0 Å². The molecule has 0 fully saturated rings. The number of amides is 1. The van der Waals surface area contributed by atoms with E-state index < -0.39 is 0 Å². The fourth-order valence-corrected chi connectivity index (χ4v) is 2.73. The van der Waals surface area contributed by atoms with Crippen molar-refractivity contribution in [2.75, 3.05) is 5.32 Å². The molecule has 0 saturated heterocycles. The number of hydrogen-bond acceptors (Lipinski definition) is 1. The molecule has 0 unspecified atom stereocenters. The van der Waals surface area contributed by atoms with Crippen molar-refractivity contribution >= 4 is 45.0 Å². The molecule has 0 saturated carbocycles. The summed E-state index contributed by atoms with van der Waals surface area (Å²) in [4.78, 5) is 12.3. The van der Waals surface area contributed by atoms with Gasteiger partial charge < -0.3 is 5.32 Å². The number of fused-ring (bicyclic) bond motifs is 1. The summed E-state index contributed by atoms with van der Waals surface area (Å²) in [6, 6.07) is 17.7. The fraction of sp³-hybridized carbons (Fsp3) is 0. The van der Waals surface area contributed by atoms with E-state index in [1.807, 2.05) is 59.0 Å². The summed E-state index contributed by atoms with van der Waals surface area (Å²) >= 11 is 2.00. The molecule has 0 atom stereocenters. The summed E-state index contributed by atoms with van der Waals surface area (Å²) in [7, 11) is 0. The third kappa shape index (κ3) is 3.05. The Morgan fingerprint density at radius 3 is 2.48 bits per heavy atom. The van der Waals surface area contributed by atoms with E-state index in [0.717, 1.165) is 10.8 Å². The predicted molar refractivity (Wildman–Crippen MR) is 91.0 cm³/mol. The van der Waals surface area contributed by atoms with Gasteiger partial charge in [-0.05, 0) is 63.7 Å². The maximum Gasteiger partial charge on any atom is 0.255 e. The van der Waals surface area contributed by atoms with Crippen molar-refractivity contribution in [1.82, 2.24) is 0 Å². The van der Waals surface area contributed by atoms with Crippen molar-refractivity contribution in [1.29, 1.82) is 0 Å². The van der Waals surface area contributed by atoms with Gasteiger partial charge in [-0.15, -0.1) is 0 Å². The van der Waals surface area contributed by atoms with Crippen molar-refractivity contribution in [2.24, 2.45) is 0 Å². The second kappa shape index (κ2) is 5.81. The van der Waals surface area contributed by atoms with E-state index in [2.05, 4.69) is 5.32 Å². The Hall–Kier alpha value is -1.95. The molecule has 0 aromatic heterocycles. The molecule has 3 aromatic rings. The van der Waals surface area contributed by atoms with Crippen LogP contribution >= 0.6 is 22.6 Å². The average Bonchev–Trinajstić information content (AvgIpc) is 2.49. The highest BCUT2D eigenvalue weighted by atomic mass is 127. The third-order valence-corrected chi connectivity index (χ3v) is 4.08. The van der Waals surface area contributed by atoms with Gasteiger partial charge in [-0.3, -0.25) is 4.79 Å². The Morgan fingerprint density at radius 1 is 0.952 bits per heavy atom. The number of anilines is 1. The molecule has 2 nitrogen and oxygen atoms in total. The van der Waals surface area contributed by atoms with Gasteiger partial charge in [0.05, 0.1) is 5.69 Å². The van der Waals surface area contributed by atoms with E-state index in [1.165, 1.54) is 12.1 Å². The van der Waals surface area contributed by atoms with Gasteiger partial charge in [0.1, 0.15) is 5.82 Å². The molecule has 0 radical (unpaired) electrons. The van der Waals surface area contributed by atoms with Crippen molar-refractivity contribution in [3.05, 3.63) is 75.6 Å². The van der Waals surface area contributed by atoms with Gasteiger partial charge in [-0.2, -0.15) is 0 Å². The van der Waals surface area contributed by atoms with Crippen molar-refractivity contribution < 1.29 is 9.18 Å². The second-order valence-electron chi connectivity index (χ2n) is 4.64. The molecular weight excluding hydrogens is 380 g/mol. The van der Waals surface area contributed by atoms with Crippen LogP contribution in [-0.4, -0.2) is 5.91 Å². The standard InChI is InChI=1S/C17H11FINO/c18-14-7-8-16(15(19)10-14)20-17(21)13-6-5-11-3-1-2-4-12(11)9-13/h1-10H,(H,20,21). The molecular formula is C17H11FINO. The second-order valence-corrected chi connectivity index (χ2v) is 5.80. The normalized spacial score (nSPS) is 10.6. The zero-order valence-electron chi connectivity index (χ0n) is 10.9. The zero-order chi connectivity index (χ0) is 14.8. The highest BCUT2D eigenvalue weighted by molar-refractivity contribution is 14.1. The van der Waals surface area contributed by atoms with E-state index in [0.29, 0.717) is 14.8 Å². The lowest BCUT2D eigenvalue weighted by Gasteiger charge is -2.08. The van der Waals surface area contributed by atoms with Gasteiger partial charge in [-0.1, -0.05) is 30.3 Å². The number of benzene rings is 3. The van der Waals surface area contributed by atoms with E-state index in [-0.39, 0.29) is 11.7 Å². The summed E-state index contributed by atoms with van der Waals surface area (Å²) in [6.07, 6.45) is 0. The molecule has 3 rings (SSSR count). The Morgan fingerprint density at radius 2 is 1.71 bits per heavy atom. The smallest absolute Gasteiger partial charge is 0.255 e. The summed E-state index contributed by atoms with van der Waals surface area (Å²) in [5, 5.41) is 4.91. The van der Waals surface area contributed by atoms with Gasteiger partial charge in [0.15, 0.2) is 0 Å². The van der Waals surface area contributed by atoms with Crippen LogP contribution in [0.5, 0.6) is 0 Å². The molecule has 0 aliphatic rings. The lowest BCUT2D eigenvalue weighted by Crippen LogP contribution is -2.12. The number of nitrogens with one attached hydrogen (secondary N) is 1. The Balaban J connectivity index is 1.89. The summed E-state index contributed by atoms with van der Waals surface area (Å²) in [6.45, 7) is 0. The van der Waals surface area contributed by atoms with Crippen LogP contribution in [0.15, 0.2) is 60.7 Å². The lowest BCUT2D eigenvalue weighted by atomic mass is 10.1. The minimum absolute atomic E-state index is 0.203. The van der Waals surface area contributed by atoms with E-state index >= 15 is 0 Å². The molecule has 1 N–H and O–H groups in total. The maximum absolute atomic E-state index is 13.1. The van der Waals surface area contributed by atoms with Crippen LogP contribution in [0, 0.1) is 9.39 Å². The number of carbonyl (C=O) groups excluding carboxylic acids is 1. The maximum atomic E-state index is 13.1. The Kier molecular flexibility index (Phi) is 3.88. The number of hydrogen-bond donors (Lipinski definition) is 1. The first kappa shape index (κ1) is 14.0. The molecule has 0 aliphatic heterocycles. The van der Waals surface area contributed by atoms with E-state index in [1.54, 1.807) is 12.1 Å². The van der Waals surface area contributed by atoms with Gasteiger partial charge >= 0.3 is 0 Å². The Labute approximate surface area is 135 Å². The van der Waals surface area contributed by atoms with Crippen molar-refractivity contribution in [3.8, 4) is 0 Å². The largest absolute Gasteiger partial charge is 0.321 e. The van der Waals surface area contributed by atoms with E-state index in [9.17, 15) is 9.18 Å². The molecule has 3 aromatic carbocycles. The summed E-state index contributed by atoms with van der Waals surface area (Å²) < 4.78 is 13.7. The number of halogens is 2. The molecule has 4 heteroatoms. The van der Waals surface area contributed by atoms with Crippen LogP contribution in [0.2, 0.25) is 0 Å². The first-order valence-corrected chi connectivity index (χ1v) is 7.46. The first-order valence-electron chi connectivity index (χ1n) is 6.39. The first-order chi connectivity index (χ1) is 10.1. The SMILES string of the molecule is O=C(Nc1ccc(F)cc1I)c1ccc2ccccc2c1. The molecule has 104 valence electrons. The minimum Gasteiger partial charge on any atom is -0.321 e. The fourth-order valence-electron chi connectivity index (χ4n) is 2.12. The van der Waals surface area contributed by atoms with Crippen LogP contribution in [0.25, 0.3) is 10.8 Å². The lowest BCUT2D eigenvalue weighted by molar-refractivity contribution is 0.102. The molecule has 0 aliphatic carbocycles. The van der Waals surface area contributed by atoms with Crippen LogP contribution in [0.3, 0.4) is 0 Å². The monoisotopic (exact) mass is 391 g/mol. The minimum atomic E-state index is -0.317. The quantitative estimate of drug-likeness (QED) is 0.623. The predicted octanol–water partition coefficient (Wildman–Crippen LogP) is 4.84. The van der Waals surface area contributed by atoms with Gasteiger partial charge in [0.25, 0.3) is 5.91 Å². The summed E-state index contributed by atoms with van der Waals surface area (Å²) in [5.41, 5.74) is 1.18. The van der Waals surface area contributed by atoms with Gasteiger partial charge in [-0.25, -0.2) is 4.39 Å². The van der Waals surface area contributed by atoms with Crippen LogP contribution in [0.1, 0.15) is 10.4 Å². The molecule has 21 heavy (non-hydrogen) atoms. The highest BCUT2D eigenvalue weighted by Gasteiger charge is 2.09. The third-order valence-electron chi connectivity index (χ3n) is 3.19. The Bertz CT molecular complexity index is 832. The van der Waals surface area contributed by atoms with Crippen molar-refractivity contribution in [2.45, 2.75) is 0 Å². The molecule has 0 bridgehead atoms. The topological polar surface area (TPSA) is 29.1 Å². The van der Waals surface area contributed by atoms with Gasteiger partial charge in [0, 0.05) is 9.13 Å². The van der Waals surface area contributed by atoms with Crippen LogP contribution in [0.4, 0.5) is 10.1 Å². The van der Waals surface area contributed by atoms with Crippen LogP contribution < -0.4 is 5.32 Å². The molecule has 1 amide bonds. The van der Waals surface area contributed by atoms with E-state index in [4.69, 9.17) is 0 Å². The number of carbonyl (C=O) groups is 1. The van der Waals surface area contributed by atoms with Crippen LogP contribution in [-0.2, 0) is 0 Å². The van der Waals surface area contributed by atoms with Crippen molar-refractivity contribution in [3.63, 3.8) is 0 Å². The average molecular weight is 391 g/mol. The zero-order valence-corrected chi connectivity index (χ0v) is 13.1. The molecule has 0 heterocycles. The summed E-state index contributed by atoms with van der Waals surface area (Å²) in [5.74, 6) is -0.520. The highest BCUT2D eigenvalue weighted by Crippen LogP contribution is 2.21.